The average Bonchev–Trinajstić information content (AvgIpc) is 3.12. The predicted octanol–water partition coefficient (Wildman–Crippen LogP) is 5.18. The molecule has 4 nitrogen and oxygen atoms in total. The van der Waals surface area contributed by atoms with Gasteiger partial charge in [0.05, 0.1) is 0 Å². The van der Waals surface area contributed by atoms with Crippen LogP contribution in [0.25, 0.3) is 16.8 Å². The molecule has 0 amide bonds. The van der Waals surface area contributed by atoms with Crippen LogP contribution in [0.3, 0.4) is 0 Å². The fourth-order valence-corrected chi connectivity index (χ4v) is 2.93. The third-order valence-electron chi connectivity index (χ3n) is 4.39. The van der Waals surface area contributed by atoms with Crippen molar-refractivity contribution in [3.8, 4) is 11.1 Å². The van der Waals surface area contributed by atoms with Gasteiger partial charge in [0.25, 0.3) is 0 Å². The predicted molar refractivity (Wildman–Crippen MR) is 97.9 cm³/mol. The van der Waals surface area contributed by atoms with Crippen molar-refractivity contribution in [2.45, 2.75) is 6.18 Å². The van der Waals surface area contributed by atoms with Crippen molar-refractivity contribution >= 4 is 17.0 Å². The Morgan fingerprint density at radius 3 is 2.07 bits per heavy atom. The lowest BCUT2D eigenvalue weighted by Gasteiger charge is -2.19. The van der Waals surface area contributed by atoms with Gasteiger partial charge in [-0.25, -0.2) is 0 Å². The zero-order valence-electron chi connectivity index (χ0n) is 14.4. The number of nitrogens with zero attached hydrogens (tertiary/aromatic N) is 4. The molecule has 4 aromatic rings. The molecule has 136 valence electrons. The van der Waals surface area contributed by atoms with Gasteiger partial charge in [0.2, 0.25) is 5.82 Å². The van der Waals surface area contributed by atoms with E-state index in [0.29, 0.717) is 5.56 Å². The third-order valence-corrected chi connectivity index (χ3v) is 4.39. The molecule has 0 atom stereocenters. The lowest BCUT2D eigenvalue weighted by molar-refractivity contribution is -0.145. The van der Waals surface area contributed by atoms with Crippen molar-refractivity contribution in [3.05, 3.63) is 78.8 Å². The number of benzene rings is 2. The van der Waals surface area contributed by atoms with Crippen LogP contribution < -0.4 is 4.90 Å². The maximum absolute atomic E-state index is 13.1. The van der Waals surface area contributed by atoms with Gasteiger partial charge in [-0.05, 0) is 47.5 Å². The number of pyridine rings is 1. The number of alkyl halides is 3. The third kappa shape index (κ3) is 3.23. The Hall–Kier alpha value is -3.35. The molecule has 0 aliphatic heterocycles. The monoisotopic (exact) mass is 368 g/mol. The summed E-state index contributed by atoms with van der Waals surface area (Å²) in [6.07, 6.45) is -3.14. The average molecular weight is 368 g/mol. The highest BCUT2D eigenvalue weighted by Gasteiger charge is 2.36. The number of halogens is 3. The van der Waals surface area contributed by atoms with E-state index in [9.17, 15) is 13.2 Å². The fraction of sp³-hybridized carbons (Fsp3) is 0.100. The smallest absolute Gasteiger partial charge is 0.345 e. The highest BCUT2D eigenvalue weighted by Crippen LogP contribution is 2.30. The molecule has 0 fully saturated rings. The first-order chi connectivity index (χ1) is 12.9. The number of anilines is 2. The van der Waals surface area contributed by atoms with Gasteiger partial charge in [-0.15, -0.1) is 10.2 Å². The van der Waals surface area contributed by atoms with E-state index in [1.807, 2.05) is 66.5 Å². The first kappa shape index (κ1) is 17.1. The van der Waals surface area contributed by atoms with E-state index in [1.165, 1.54) is 12.3 Å². The van der Waals surface area contributed by atoms with Gasteiger partial charge in [0, 0.05) is 24.6 Å². The molecule has 2 aromatic heterocycles. The Bertz CT molecular complexity index is 1070. The minimum Gasteiger partial charge on any atom is -0.345 e. The van der Waals surface area contributed by atoms with E-state index >= 15 is 0 Å². The summed E-state index contributed by atoms with van der Waals surface area (Å²) in [4.78, 5) is 2.04. The Kier molecular flexibility index (Phi) is 4.07. The van der Waals surface area contributed by atoms with E-state index in [0.717, 1.165) is 21.3 Å². The summed E-state index contributed by atoms with van der Waals surface area (Å²) in [6, 6.07) is 20.8. The summed E-state index contributed by atoms with van der Waals surface area (Å²) in [5.74, 6) is -1.03. The van der Waals surface area contributed by atoms with Crippen LogP contribution in [0, 0.1) is 0 Å². The molecule has 2 heterocycles. The zero-order chi connectivity index (χ0) is 19.0. The molecule has 0 spiro atoms. The Morgan fingerprint density at radius 1 is 0.778 bits per heavy atom. The number of hydrogen-bond donors (Lipinski definition) is 0. The highest BCUT2D eigenvalue weighted by atomic mass is 19.4. The minimum atomic E-state index is -4.56. The Morgan fingerprint density at radius 2 is 1.41 bits per heavy atom. The van der Waals surface area contributed by atoms with E-state index in [1.54, 1.807) is 6.07 Å². The molecule has 0 saturated heterocycles. The maximum atomic E-state index is 13.1. The van der Waals surface area contributed by atoms with Gasteiger partial charge >= 0.3 is 6.18 Å². The Balaban J connectivity index is 1.68. The van der Waals surface area contributed by atoms with E-state index in [4.69, 9.17) is 0 Å². The number of aromatic nitrogens is 3. The van der Waals surface area contributed by atoms with Crippen LogP contribution in [0.4, 0.5) is 24.5 Å². The number of hydrogen-bond acceptors (Lipinski definition) is 3. The molecule has 27 heavy (non-hydrogen) atoms. The molecule has 2 aromatic carbocycles. The standard InChI is InChI=1S/C20H15F3N4/c1-26(16-5-3-2-4-6-16)17-10-7-14(8-11-17)15-9-12-18-24-25-19(20(21,22)23)27(18)13-15/h2-13H,1H3. The summed E-state index contributed by atoms with van der Waals surface area (Å²) in [5.41, 5.74) is 3.65. The van der Waals surface area contributed by atoms with Crippen LogP contribution >= 0.6 is 0 Å². The van der Waals surface area contributed by atoms with Crippen molar-refractivity contribution in [2.75, 3.05) is 11.9 Å². The van der Waals surface area contributed by atoms with Crippen LogP contribution in [0.15, 0.2) is 72.9 Å². The van der Waals surface area contributed by atoms with E-state index < -0.39 is 12.0 Å². The van der Waals surface area contributed by atoms with Crippen molar-refractivity contribution in [3.63, 3.8) is 0 Å². The summed E-state index contributed by atoms with van der Waals surface area (Å²) >= 11 is 0. The Labute approximate surface area is 153 Å². The van der Waals surface area contributed by atoms with Gasteiger partial charge in [0.1, 0.15) is 0 Å². The molecule has 0 aliphatic rings. The normalized spacial score (nSPS) is 11.7. The number of para-hydroxylation sites is 1. The second-order valence-corrected chi connectivity index (χ2v) is 6.11. The van der Waals surface area contributed by atoms with E-state index in [2.05, 4.69) is 10.2 Å². The van der Waals surface area contributed by atoms with Crippen molar-refractivity contribution < 1.29 is 13.2 Å². The van der Waals surface area contributed by atoms with Gasteiger partial charge in [-0.1, -0.05) is 30.3 Å². The van der Waals surface area contributed by atoms with Gasteiger partial charge in [-0.2, -0.15) is 13.2 Å². The fourth-order valence-electron chi connectivity index (χ4n) is 2.93. The van der Waals surface area contributed by atoms with Crippen LogP contribution in [0.2, 0.25) is 0 Å². The van der Waals surface area contributed by atoms with Crippen molar-refractivity contribution in [1.82, 2.24) is 14.6 Å². The summed E-state index contributed by atoms with van der Waals surface area (Å²) in [6.45, 7) is 0. The summed E-state index contributed by atoms with van der Waals surface area (Å²) < 4.78 is 40.1. The maximum Gasteiger partial charge on any atom is 0.452 e. The minimum absolute atomic E-state index is 0.159. The molecule has 0 bridgehead atoms. The molecular weight excluding hydrogens is 353 g/mol. The quantitative estimate of drug-likeness (QED) is 0.499. The molecule has 0 N–H and O–H groups in total. The SMILES string of the molecule is CN(c1ccccc1)c1ccc(-c2ccc3nnc(C(F)(F)F)n3c2)cc1. The number of rotatable bonds is 3. The lowest BCUT2D eigenvalue weighted by atomic mass is 10.1. The van der Waals surface area contributed by atoms with Gasteiger partial charge < -0.3 is 4.90 Å². The molecule has 4 rings (SSSR count). The topological polar surface area (TPSA) is 33.4 Å². The summed E-state index contributed by atoms with van der Waals surface area (Å²) in [7, 11) is 1.96. The van der Waals surface area contributed by atoms with Crippen molar-refractivity contribution in [1.29, 1.82) is 0 Å². The molecule has 7 heteroatoms. The molecule has 0 unspecified atom stereocenters. The van der Waals surface area contributed by atoms with Gasteiger partial charge in [0.15, 0.2) is 5.65 Å². The molecule has 0 radical (unpaired) electrons. The van der Waals surface area contributed by atoms with Crippen LogP contribution in [-0.4, -0.2) is 21.6 Å². The first-order valence-electron chi connectivity index (χ1n) is 8.25. The number of fused-ring (bicyclic) bond motifs is 1. The highest BCUT2D eigenvalue weighted by molar-refractivity contribution is 5.70. The molecule has 0 aliphatic carbocycles. The molecule has 0 saturated carbocycles. The second-order valence-electron chi connectivity index (χ2n) is 6.11. The first-order valence-corrected chi connectivity index (χ1v) is 8.25. The summed E-state index contributed by atoms with van der Waals surface area (Å²) in [5, 5.41) is 6.83. The van der Waals surface area contributed by atoms with Crippen LogP contribution in [0.1, 0.15) is 5.82 Å². The molecular formula is C20H15F3N4. The van der Waals surface area contributed by atoms with Crippen molar-refractivity contribution in [2.24, 2.45) is 0 Å². The lowest BCUT2D eigenvalue weighted by Crippen LogP contribution is -2.10. The largest absolute Gasteiger partial charge is 0.452 e. The van der Waals surface area contributed by atoms with Gasteiger partial charge in [-0.3, -0.25) is 4.40 Å². The van der Waals surface area contributed by atoms with E-state index in [-0.39, 0.29) is 5.65 Å². The van der Waals surface area contributed by atoms with Crippen LogP contribution in [0.5, 0.6) is 0 Å². The zero-order valence-corrected chi connectivity index (χ0v) is 14.4. The second kappa shape index (κ2) is 6.42. The van der Waals surface area contributed by atoms with Crippen LogP contribution in [-0.2, 0) is 6.18 Å².